The molecule has 1 amide bonds. The number of benzene rings is 1. The zero-order chi connectivity index (χ0) is 16.6. The predicted octanol–water partition coefficient (Wildman–Crippen LogP) is 3.67. The van der Waals surface area contributed by atoms with Crippen LogP contribution in [0.5, 0.6) is 0 Å². The van der Waals surface area contributed by atoms with Gasteiger partial charge in [0.25, 0.3) is 5.91 Å². The van der Waals surface area contributed by atoms with E-state index in [-0.39, 0.29) is 17.1 Å². The molecule has 0 atom stereocenters. The average molecular weight is 350 g/mol. The van der Waals surface area contributed by atoms with E-state index in [2.05, 4.69) is 15.5 Å². The van der Waals surface area contributed by atoms with Crippen molar-refractivity contribution >= 4 is 44.9 Å². The molecule has 0 spiro atoms. The van der Waals surface area contributed by atoms with E-state index < -0.39 is 5.91 Å². The molecule has 0 aliphatic rings. The van der Waals surface area contributed by atoms with Crippen molar-refractivity contribution in [3.8, 4) is 0 Å². The van der Waals surface area contributed by atoms with Crippen LogP contribution < -0.4 is 10.7 Å². The molecule has 0 saturated heterocycles. The predicted molar refractivity (Wildman–Crippen MR) is 89.4 cm³/mol. The Morgan fingerprint density at radius 1 is 1.30 bits per heavy atom. The van der Waals surface area contributed by atoms with Crippen LogP contribution in [0.15, 0.2) is 33.5 Å². The number of fused-ring (bicyclic) bond motifs is 1. The Hall–Kier alpha value is -2.25. The van der Waals surface area contributed by atoms with E-state index in [0.29, 0.717) is 21.1 Å². The molecule has 0 fully saturated rings. The van der Waals surface area contributed by atoms with Gasteiger partial charge in [0.1, 0.15) is 10.6 Å². The Kier molecular flexibility index (Phi) is 4.14. The number of aromatic nitrogens is 2. The highest BCUT2D eigenvalue weighted by Crippen LogP contribution is 2.23. The normalized spacial score (nSPS) is 11.1. The van der Waals surface area contributed by atoms with Gasteiger partial charge >= 0.3 is 0 Å². The second kappa shape index (κ2) is 6.10. The summed E-state index contributed by atoms with van der Waals surface area (Å²) < 4.78 is 5.47. The maximum atomic E-state index is 12.2. The largest absolute Gasteiger partial charge is 0.451 e. The number of hydrogen-bond acceptors (Lipinski definition) is 6. The summed E-state index contributed by atoms with van der Waals surface area (Å²) in [7, 11) is 0. The summed E-state index contributed by atoms with van der Waals surface area (Å²) in [5.74, 6) is -0.418. The average Bonchev–Trinajstić information content (AvgIpc) is 2.96. The molecule has 0 unspecified atom stereocenters. The van der Waals surface area contributed by atoms with Crippen molar-refractivity contribution in [3.63, 3.8) is 0 Å². The van der Waals surface area contributed by atoms with Gasteiger partial charge in [-0.15, -0.1) is 10.2 Å². The Labute approximate surface area is 140 Å². The number of carbonyl (C=O) groups excluding carboxylic acids is 1. The fourth-order valence-electron chi connectivity index (χ4n) is 1.92. The number of amides is 1. The second-order valence-corrected chi connectivity index (χ2v) is 6.62. The van der Waals surface area contributed by atoms with E-state index in [0.717, 1.165) is 11.1 Å². The number of rotatable bonds is 3. The summed E-state index contributed by atoms with van der Waals surface area (Å²) in [5, 5.41) is 12.4. The quantitative estimate of drug-likeness (QED) is 0.779. The highest BCUT2D eigenvalue weighted by Gasteiger charge is 2.16. The van der Waals surface area contributed by atoms with Gasteiger partial charge in [0.15, 0.2) is 11.2 Å². The lowest BCUT2D eigenvalue weighted by atomic mass is 10.2. The minimum absolute atomic E-state index is 0.0916. The van der Waals surface area contributed by atoms with Crippen molar-refractivity contribution in [2.45, 2.75) is 19.8 Å². The van der Waals surface area contributed by atoms with E-state index in [1.807, 2.05) is 13.8 Å². The van der Waals surface area contributed by atoms with Crippen molar-refractivity contribution in [1.82, 2.24) is 10.2 Å². The summed E-state index contributed by atoms with van der Waals surface area (Å²) in [5.41, 5.74) is -0.0359. The number of anilines is 1. The van der Waals surface area contributed by atoms with E-state index in [9.17, 15) is 9.59 Å². The SMILES string of the molecule is CC(C)c1nnc(NC(=O)c2cc(=O)c3cc(Cl)ccc3o2)s1. The maximum Gasteiger partial charge on any atom is 0.293 e. The van der Waals surface area contributed by atoms with Gasteiger partial charge in [0.2, 0.25) is 5.13 Å². The molecule has 8 heteroatoms. The Bertz CT molecular complexity index is 949. The summed E-state index contributed by atoms with van der Waals surface area (Å²) >= 11 is 7.14. The lowest BCUT2D eigenvalue weighted by molar-refractivity contribution is 0.0997. The fraction of sp³-hybridized carbons (Fsp3) is 0.200. The molecule has 3 aromatic rings. The molecule has 2 aromatic heterocycles. The minimum atomic E-state index is -0.551. The monoisotopic (exact) mass is 349 g/mol. The van der Waals surface area contributed by atoms with Crippen LogP contribution in [0.2, 0.25) is 5.02 Å². The Morgan fingerprint density at radius 2 is 2.09 bits per heavy atom. The van der Waals surface area contributed by atoms with Crippen LogP contribution in [0.4, 0.5) is 5.13 Å². The standard InChI is InChI=1S/C15H12ClN3O3S/c1-7(2)14-18-19-15(23-14)17-13(21)12-6-10(20)9-5-8(16)3-4-11(9)22-12/h3-7H,1-2H3,(H,17,19,21). The molecular formula is C15H12ClN3O3S. The Balaban J connectivity index is 1.91. The molecule has 0 saturated carbocycles. The molecule has 0 radical (unpaired) electrons. The van der Waals surface area contributed by atoms with Crippen LogP contribution in [-0.4, -0.2) is 16.1 Å². The Morgan fingerprint density at radius 3 is 2.78 bits per heavy atom. The molecule has 0 aliphatic carbocycles. The lowest BCUT2D eigenvalue weighted by Gasteiger charge is -2.03. The maximum absolute atomic E-state index is 12.2. The van der Waals surface area contributed by atoms with Gasteiger partial charge in [-0.2, -0.15) is 0 Å². The topological polar surface area (TPSA) is 85.1 Å². The number of nitrogens with one attached hydrogen (secondary N) is 1. The van der Waals surface area contributed by atoms with Gasteiger partial charge < -0.3 is 4.42 Å². The highest BCUT2D eigenvalue weighted by molar-refractivity contribution is 7.15. The summed E-state index contributed by atoms with van der Waals surface area (Å²) in [6.07, 6.45) is 0. The molecule has 3 rings (SSSR count). The van der Waals surface area contributed by atoms with Gasteiger partial charge in [-0.3, -0.25) is 14.9 Å². The second-order valence-electron chi connectivity index (χ2n) is 5.17. The molecule has 23 heavy (non-hydrogen) atoms. The van der Waals surface area contributed by atoms with Crippen LogP contribution in [0.1, 0.15) is 35.3 Å². The minimum Gasteiger partial charge on any atom is -0.451 e. The third kappa shape index (κ3) is 3.25. The summed E-state index contributed by atoms with van der Waals surface area (Å²) in [4.78, 5) is 24.3. The van der Waals surface area contributed by atoms with Crippen molar-refractivity contribution in [2.75, 3.05) is 5.32 Å². The third-order valence-corrected chi connectivity index (χ3v) is 4.44. The van der Waals surface area contributed by atoms with Crippen molar-refractivity contribution in [3.05, 3.63) is 50.3 Å². The van der Waals surface area contributed by atoms with Crippen LogP contribution >= 0.6 is 22.9 Å². The van der Waals surface area contributed by atoms with Crippen LogP contribution in [0.3, 0.4) is 0 Å². The first-order chi connectivity index (χ1) is 10.9. The first-order valence-electron chi connectivity index (χ1n) is 6.82. The van der Waals surface area contributed by atoms with Crippen LogP contribution in [-0.2, 0) is 0 Å². The lowest BCUT2D eigenvalue weighted by Crippen LogP contribution is -2.14. The van der Waals surface area contributed by atoms with Crippen LogP contribution in [0.25, 0.3) is 11.0 Å². The summed E-state index contributed by atoms with van der Waals surface area (Å²) in [6.45, 7) is 3.97. The van der Waals surface area contributed by atoms with Crippen LogP contribution in [0, 0.1) is 0 Å². The molecule has 0 bridgehead atoms. The highest BCUT2D eigenvalue weighted by atomic mass is 35.5. The number of halogens is 1. The first-order valence-corrected chi connectivity index (χ1v) is 8.01. The zero-order valence-corrected chi connectivity index (χ0v) is 13.9. The van der Waals surface area contributed by atoms with Gasteiger partial charge in [-0.1, -0.05) is 36.8 Å². The fourth-order valence-corrected chi connectivity index (χ4v) is 2.83. The number of nitrogens with zero attached hydrogens (tertiary/aromatic N) is 2. The number of hydrogen-bond donors (Lipinski definition) is 1. The van der Waals surface area contributed by atoms with Gasteiger partial charge in [-0.05, 0) is 18.2 Å². The molecular weight excluding hydrogens is 338 g/mol. The summed E-state index contributed by atoms with van der Waals surface area (Å²) in [6, 6.07) is 5.79. The molecule has 1 aromatic carbocycles. The van der Waals surface area contributed by atoms with Gasteiger partial charge in [0, 0.05) is 17.0 Å². The van der Waals surface area contributed by atoms with Crippen molar-refractivity contribution < 1.29 is 9.21 Å². The van der Waals surface area contributed by atoms with E-state index >= 15 is 0 Å². The zero-order valence-electron chi connectivity index (χ0n) is 12.3. The molecule has 118 valence electrons. The van der Waals surface area contributed by atoms with Crippen molar-refractivity contribution in [2.24, 2.45) is 0 Å². The molecule has 6 nitrogen and oxygen atoms in total. The van der Waals surface area contributed by atoms with E-state index in [1.165, 1.54) is 17.4 Å². The van der Waals surface area contributed by atoms with E-state index in [4.69, 9.17) is 16.0 Å². The number of carbonyl (C=O) groups is 1. The van der Waals surface area contributed by atoms with E-state index in [1.54, 1.807) is 12.1 Å². The third-order valence-electron chi connectivity index (χ3n) is 3.07. The molecule has 1 N–H and O–H groups in total. The molecule has 2 heterocycles. The molecule has 0 aliphatic heterocycles. The van der Waals surface area contributed by atoms with Crippen molar-refractivity contribution in [1.29, 1.82) is 0 Å². The van der Waals surface area contributed by atoms with Gasteiger partial charge in [-0.25, -0.2) is 0 Å². The van der Waals surface area contributed by atoms with Gasteiger partial charge in [0.05, 0.1) is 5.39 Å². The smallest absolute Gasteiger partial charge is 0.293 e. The first kappa shape index (κ1) is 15.6.